The fourth-order valence-corrected chi connectivity index (χ4v) is 1.41. The van der Waals surface area contributed by atoms with E-state index in [0.29, 0.717) is 11.7 Å². The molecule has 0 aliphatic rings. The lowest BCUT2D eigenvalue weighted by molar-refractivity contribution is 0.728. The summed E-state index contributed by atoms with van der Waals surface area (Å²) in [6, 6.07) is 3.73. The van der Waals surface area contributed by atoms with Gasteiger partial charge in [-0.05, 0) is 18.1 Å². The Bertz CT molecular complexity index is 348. The average molecular weight is 255 g/mol. The lowest BCUT2D eigenvalue weighted by Crippen LogP contribution is -2.37. The van der Waals surface area contributed by atoms with Crippen LogP contribution in [0.5, 0.6) is 0 Å². The van der Waals surface area contributed by atoms with Crippen LogP contribution in [0.3, 0.4) is 0 Å². The van der Waals surface area contributed by atoms with Gasteiger partial charge in [-0.1, -0.05) is 31.0 Å². The maximum Gasteiger partial charge on any atom is 0.191 e. The van der Waals surface area contributed by atoms with E-state index in [4.69, 9.17) is 11.6 Å². The van der Waals surface area contributed by atoms with Gasteiger partial charge in [0.15, 0.2) is 5.96 Å². The van der Waals surface area contributed by atoms with E-state index in [2.05, 4.69) is 27.5 Å². The van der Waals surface area contributed by atoms with Gasteiger partial charge in [0.25, 0.3) is 0 Å². The van der Waals surface area contributed by atoms with Crippen LogP contribution in [0.15, 0.2) is 23.3 Å². The minimum Gasteiger partial charge on any atom is -0.356 e. The standard InChI is InChI=1S/C12H19ClN4/c1-3-4-7-15-12(14-2)17-9-10-5-6-11(13)16-8-10/h5-6,8H,3-4,7,9H2,1-2H3,(H2,14,15,17). The second-order valence-corrected chi connectivity index (χ2v) is 4.08. The molecule has 0 unspecified atom stereocenters. The van der Waals surface area contributed by atoms with Crippen LogP contribution in [-0.4, -0.2) is 24.5 Å². The summed E-state index contributed by atoms with van der Waals surface area (Å²) in [6.07, 6.45) is 4.07. The Morgan fingerprint density at radius 2 is 2.24 bits per heavy atom. The highest BCUT2D eigenvalue weighted by Gasteiger charge is 1.98. The topological polar surface area (TPSA) is 49.3 Å². The number of halogens is 1. The minimum absolute atomic E-state index is 0.513. The molecule has 0 bridgehead atoms. The molecule has 0 atom stereocenters. The first-order valence-corrected chi connectivity index (χ1v) is 6.19. The fraction of sp³-hybridized carbons (Fsp3) is 0.500. The zero-order chi connectivity index (χ0) is 12.5. The minimum atomic E-state index is 0.513. The van der Waals surface area contributed by atoms with Gasteiger partial charge in [0.2, 0.25) is 0 Å². The van der Waals surface area contributed by atoms with Crippen LogP contribution in [0.1, 0.15) is 25.3 Å². The number of hydrogen-bond acceptors (Lipinski definition) is 2. The van der Waals surface area contributed by atoms with Crippen LogP contribution in [0.25, 0.3) is 0 Å². The zero-order valence-corrected chi connectivity index (χ0v) is 11.1. The quantitative estimate of drug-likeness (QED) is 0.367. The number of nitrogens with zero attached hydrogens (tertiary/aromatic N) is 2. The summed E-state index contributed by atoms with van der Waals surface area (Å²) in [5, 5.41) is 6.98. The molecule has 0 fully saturated rings. The molecule has 0 aliphatic heterocycles. The first-order chi connectivity index (χ1) is 8.26. The Hall–Kier alpha value is -1.29. The molecule has 0 amide bonds. The van der Waals surface area contributed by atoms with Crippen molar-refractivity contribution in [1.82, 2.24) is 15.6 Å². The molecule has 4 nitrogen and oxygen atoms in total. The third kappa shape index (κ3) is 5.54. The molecule has 0 aromatic carbocycles. The molecule has 1 heterocycles. The Labute approximate surface area is 108 Å². The molecule has 0 saturated carbocycles. The predicted molar refractivity (Wildman–Crippen MR) is 72.4 cm³/mol. The van der Waals surface area contributed by atoms with Gasteiger partial charge in [0.05, 0.1) is 0 Å². The maximum atomic E-state index is 5.72. The van der Waals surface area contributed by atoms with Crippen LogP contribution < -0.4 is 10.6 Å². The number of nitrogens with one attached hydrogen (secondary N) is 2. The van der Waals surface area contributed by atoms with E-state index < -0.39 is 0 Å². The van der Waals surface area contributed by atoms with E-state index in [1.165, 1.54) is 6.42 Å². The van der Waals surface area contributed by atoms with Crippen molar-refractivity contribution < 1.29 is 0 Å². The van der Waals surface area contributed by atoms with Gasteiger partial charge in [0, 0.05) is 26.3 Å². The molecule has 2 N–H and O–H groups in total. The average Bonchev–Trinajstić information content (AvgIpc) is 2.35. The smallest absolute Gasteiger partial charge is 0.191 e. The van der Waals surface area contributed by atoms with Gasteiger partial charge in [-0.3, -0.25) is 4.99 Å². The highest BCUT2D eigenvalue weighted by Crippen LogP contribution is 2.04. The van der Waals surface area contributed by atoms with Gasteiger partial charge in [-0.15, -0.1) is 0 Å². The van der Waals surface area contributed by atoms with Crippen molar-refractivity contribution >= 4 is 17.6 Å². The number of rotatable bonds is 5. The molecule has 1 rings (SSSR count). The summed E-state index contributed by atoms with van der Waals surface area (Å²) in [5.41, 5.74) is 1.08. The largest absolute Gasteiger partial charge is 0.356 e. The van der Waals surface area contributed by atoms with Gasteiger partial charge in [-0.2, -0.15) is 0 Å². The molecule has 17 heavy (non-hydrogen) atoms. The highest BCUT2D eigenvalue weighted by molar-refractivity contribution is 6.29. The third-order valence-electron chi connectivity index (χ3n) is 2.29. The van der Waals surface area contributed by atoms with Crippen molar-refractivity contribution in [3.63, 3.8) is 0 Å². The van der Waals surface area contributed by atoms with Crippen molar-refractivity contribution in [1.29, 1.82) is 0 Å². The second kappa shape index (κ2) is 7.90. The molecule has 0 radical (unpaired) electrons. The molecular weight excluding hydrogens is 236 g/mol. The summed E-state index contributed by atoms with van der Waals surface area (Å²) in [7, 11) is 1.77. The molecule has 0 aliphatic carbocycles. The van der Waals surface area contributed by atoms with Crippen molar-refractivity contribution in [2.75, 3.05) is 13.6 Å². The summed E-state index contributed by atoms with van der Waals surface area (Å²) in [5.74, 6) is 0.813. The summed E-state index contributed by atoms with van der Waals surface area (Å²) in [6.45, 7) is 3.79. The maximum absolute atomic E-state index is 5.72. The molecule has 0 saturated heterocycles. The molecule has 1 aromatic heterocycles. The van der Waals surface area contributed by atoms with Crippen molar-refractivity contribution in [2.24, 2.45) is 4.99 Å². The summed E-state index contributed by atoms with van der Waals surface area (Å²) in [4.78, 5) is 8.16. The highest BCUT2D eigenvalue weighted by atomic mass is 35.5. The first-order valence-electron chi connectivity index (χ1n) is 5.81. The molecule has 94 valence electrons. The van der Waals surface area contributed by atoms with Crippen LogP contribution in [0.2, 0.25) is 5.15 Å². The van der Waals surface area contributed by atoms with Crippen molar-refractivity contribution in [3.8, 4) is 0 Å². The predicted octanol–water partition coefficient (Wildman–Crippen LogP) is 2.20. The Morgan fingerprint density at radius 3 is 2.82 bits per heavy atom. The lowest BCUT2D eigenvalue weighted by Gasteiger charge is -2.11. The SMILES string of the molecule is CCCCNC(=NC)NCc1ccc(Cl)nc1. The van der Waals surface area contributed by atoms with Crippen LogP contribution in [0, 0.1) is 0 Å². The molecule has 5 heteroatoms. The van der Waals surface area contributed by atoms with Crippen LogP contribution >= 0.6 is 11.6 Å². The number of aromatic nitrogens is 1. The second-order valence-electron chi connectivity index (χ2n) is 3.70. The van der Waals surface area contributed by atoms with Gasteiger partial charge in [-0.25, -0.2) is 4.98 Å². The van der Waals surface area contributed by atoms with E-state index in [0.717, 1.165) is 24.5 Å². The Morgan fingerprint density at radius 1 is 1.41 bits per heavy atom. The summed E-state index contributed by atoms with van der Waals surface area (Å²) < 4.78 is 0. The Kier molecular flexibility index (Phi) is 6.40. The molecular formula is C12H19ClN4. The molecule has 1 aromatic rings. The zero-order valence-electron chi connectivity index (χ0n) is 10.3. The normalized spacial score (nSPS) is 11.4. The van der Waals surface area contributed by atoms with E-state index in [1.54, 1.807) is 19.3 Å². The monoisotopic (exact) mass is 254 g/mol. The van der Waals surface area contributed by atoms with Crippen molar-refractivity contribution in [3.05, 3.63) is 29.0 Å². The van der Waals surface area contributed by atoms with E-state index in [-0.39, 0.29) is 0 Å². The molecule has 0 spiro atoms. The van der Waals surface area contributed by atoms with Gasteiger partial charge < -0.3 is 10.6 Å². The third-order valence-corrected chi connectivity index (χ3v) is 2.52. The summed E-state index contributed by atoms with van der Waals surface area (Å²) >= 11 is 5.72. The van der Waals surface area contributed by atoms with E-state index in [9.17, 15) is 0 Å². The first kappa shape index (κ1) is 13.8. The van der Waals surface area contributed by atoms with E-state index >= 15 is 0 Å². The van der Waals surface area contributed by atoms with Crippen LogP contribution in [0.4, 0.5) is 0 Å². The van der Waals surface area contributed by atoms with Gasteiger partial charge in [0.1, 0.15) is 5.15 Å². The van der Waals surface area contributed by atoms with Gasteiger partial charge >= 0.3 is 0 Å². The lowest BCUT2D eigenvalue weighted by atomic mass is 10.3. The fourth-order valence-electron chi connectivity index (χ4n) is 1.30. The van der Waals surface area contributed by atoms with Crippen molar-refractivity contribution in [2.45, 2.75) is 26.3 Å². The number of unbranched alkanes of at least 4 members (excludes halogenated alkanes) is 1. The van der Waals surface area contributed by atoms with Crippen LogP contribution in [-0.2, 0) is 6.54 Å². The number of pyridine rings is 1. The van der Waals surface area contributed by atoms with E-state index in [1.807, 2.05) is 6.07 Å². The number of hydrogen-bond donors (Lipinski definition) is 2. The number of guanidine groups is 1. The Balaban J connectivity index is 2.35. The number of aliphatic imine (C=N–C) groups is 1.